The molecule has 0 radical (unpaired) electrons. The number of nitrogens with one attached hydrogen (secondary N) is 4. The monoisotopic (exact) mass is 690 g/mol. The van der Waals surface area contributed by atoms with Crippen LogP contribution in [0.5, 0.6) is 5.75 Å². The minimum absolute atomic E-state index is 0.0270. The molecular formula is C38H42N8O5. The van der Waals surface area contributed by atoms with Crippen molar-refractivity contribution in [2.24, 2.45) is 0 Å². The number of nitrogens with zero attached hydrogens (tertiary/aromatic N) is 4. The van der Waals surface area contributed by atoms with E-state index in [4.69, 9.17) is 9.72 Å². The number of aromatic nitrogens is 4. The summed E-state index contributed by atoms with van der Waals surface area (Å²) in [6.45, 7) is 4.71. The SMILES string of the molecule is CNCC(=O)N1C(c2nc3c(ccc4cc5c(cc43)OCc3cc(-c4cnc([C@@H]6CC[C@H](C)N6C(=O)CNC(=O)OC)[nH]4)ccc3-5)[nH]2)CC[C@@H]1C. The van der Waals surface area contributed by atoms with Crippen LogP contribution in [0.1, 0.15) is 68.8 Å². The first-order chi connectivity index (χ1) is 24.7. The van der Waals surface area contributed by atoms with Crippen molar-refractivity contribution in [2.75, 3.05) is 27.2 Å². The molecule has 5 heterocycles. The molecule has 2 fully saturated rings. The first-order valence-electron chi connectivity index (χ1n) is 17.6. The number of alkyl carbamates (subject to hydrolysis) is 1. The number of aromatic amines is 2. The largest absolute Gasteiger partial charge is 0.488 e. The molecule has 264 valence electrons. The zero-order valence-electron chi connectivity index (χ0n) is 29.2. The number of rotatable bonds is 7. The van der Waals surface area contributed by atoms with Crippen molar-refractivity contribution < 1.29 is 23.9 Å². The second-order valence-corrected chi connectivity index (χ2v) is 13.9. The molecule has 1 unspecified atom stereocenters. The maximum absolute atomic E-state index is 13.0. The number of likely N-dealkylation sites (tertiary alicyclic amines) is 2. The summed E-state index contributed by atoms with van der Waals surface area (Å²) in [7, 11) is 3.07. The number of amides is 3. The number of carbonyl (C=O) groups is 3. The second kappa shape index (κ2) is 13.0. The van der Waals surface area contributed by atoms with Gasteiger partial charge in [0.1, 0.15) is 30.5 Å². The zero-order valence-corrected chi connectivity index (χ0v) is 29.2. The smallest absolute Gasteiger partial charge is 0.407 e. The third kappa shape index (κ3) is 5.75. The quantitative estimate of drug-likeness (QED) is 0.178. The molecule has 0 aliphatic carbocycles. The number of carbonyl (C=O) groups excluding carboxylic acids is 3. The molecule has 2 saturated heterocycles. The molecular weight excluding hydrogens is 648 g/mol. The van der Waals surface area contributed by atoms with E-state index in [1.165, 1.54) is 7.11 Å². The fourth-order valence-electron chi connectivity index (χ4n) is 8.18. The van der Waals surface area contributed by atoms with Gasteiger partial charge in [0.15, 0.2) is 0 Å². The molecule has 13 heteroatoms. The molecule has 3 aliphatic rings. The molecule has 0 bridgehead atoms. The molecule has 0 spiro atoms. The van der Waals surface area contributed by atoms with Crippen molar-refractivity contribution >= 4 is 39.7 Å². The molecule has 3 aliphatic heterocycles. The summed E-state index contributed by atoms with van der Waals surface area (Å²) in [6, 6.07) is 14.7. The molecule has 3 amide bonds. The van der Waals surface area contributed by atoms with Gasteiger partial charge in [-0.1, -0.05) is 18.2 Å². The Morgan fingerprint density at radius 2 is 1.65 bits per heavy atom. The molecule has 8 rings (SSSR count). The highest BCUT2D eigenvalue weighted by Gasteiger charge is 2.38. The van der Waals surface area contributed by atoms with Crippen LogP contribution in [0.15, 0.2) is 48.7 Å². The van der Waals surface area contributed by atoms with Gasteiger partial charge in [0.05, 0.1) is 48.7 Å². The lowest BCUT2D eigenvalue weighted by Gasteiger charge is -2.27. The number of fused-ring (bicyclic) bond motifs is 6. The number of hydrogen-bond acceptors (Lipinski definition) is 8. The summed E-state index contributed by atoms with van der Waals surface area (Å²) in [4.78, 5) is 58.1. The van der Waals surface area contributed by atoms with E-state index < -0.39 is 6.09 Å². The fraction of sp³-hybridized carbons (Fsp3) is 0.395. The van der Waals surface area contributed by atoms with Gasteiger partial charge in [0.25, 0.3) is 0 Å². The summed E-state index contributed by atoms with van der Waals surface area (Å²) >= 11 is 0. The van der Waals surface area contributed by atoms with Crippen LogP contribution in [0.3, 0.4) is 0 Å². The maximum atomic E-state index is 13.0. The predicted molar refractivity (Wildman–Crippen MR) is 192 cm³/mol. The highest BCUT2D eigenvalue weighted by atomic mass is 16.5. The number of hydrogen-bond donors (Lipinski definition) is 4. The van der Waals surface area contributed by atoms with Crippen LogP contribution in [0, 0.1) is 0 Å². The second-order valence-electron chi connectivity index (χ2n) is 13.9. The van der Waals surface area contributed by atoms with Crippen LogP contribution in [0.2, 0.25) is 0 Å². The van der Waals surface area contributed by atoms with Crippen LogP contribution in [-0.2, 0) is 20.9 Å². The third-order valence-electron chi connectivity index (χ3n) is 10.7. The van der Waals surface area contributed by atoms with Gasteiger partial charge in [-0.05, 0) is 92.9 Å². The van der Waals surface area contributed by atoms with Crippen molar-refractivity contribution in [1.29, 1.82) is 0 Å². The van der Waals surface area contributed by atoms with Crippen LogP contribution in [0.25, 0.3) is 44.2 Å². The summed E-state index contributed by atoms with van der Waals surface area (Å²) in [6.07, 6.45) is 4.62. The predicted octanol–water partition coefficient (Wildman–Crippen LogP) is 5.35. The summed E-state index contributed by atoms with van der Waals surface area (Å²) in [5.41, 5.74) is 6.86. The molecule has 4 atom stereocenters. The molecule has 0 saturated carbocycles. The maximum Gasteiger partial charge on any atom is 0.407 e. The molecule has 51 heavy (non-hydrogen) atoms. The van der Waals surface area contributed by atoms with Gasteiger partial charge in [-0.15, -0.1) is 0 Å². The van der Waals surface area contributed by atoms with Crippen molar-refractivity contribution in [3.05, 3.63) is 65.9 Å². The molecule has 4 N–H and O–H groups in total. The van der Waals surface area contributed by atoms with Gasteiger partial charge in [0, 0.05) is 23.0 Å². The number of benzene rings is 3. The number of imidazole rings is 2. The van der Waals surface area contributed by atoms with Gasteiger partial charge < -0.3 is 39.9 Å². The zero-order chi connectivity index (χ0) is 35.4. The van der Waals surface area contributed by atoms with Crippen molar-refractivity contribution in [2.45, 2.75) is 70.3 Å². The normalized spacial score (nSPS) is 21.1. The van der Waals surface area contributed by atoms with Crippen LogP contribution >= 0.6 is 0 Å². The average molecular weight is 691 g/mol. The van der Waals surface area contributed by atoms with E-state index in [0.717, 1.165) is 92.8 Å². The highest BCUT2D eigenvalue weighted by molar-refractivity contribution is 6.07. The van der Waals surface area contributed by atoms with E-state index in [1.54, 1.807) is 11.9 Å². The van der Waals surface area contributed by atoms with Crippen LogP contribution < -0.4 is 15.4 Å². The molecule has 2 aromatic heterocycles. The first-order valence-corrected chi connectivity index (χ1v) is 17.6. The van der Waals surface area contributed by atoms with Crippen LogP contribution in [0.4, 0.5) is 4.79 Å². The van der Waals surface area contributed by atoms with Crippen LogP contribution in [-0.4, -0.2) is 87.0 Å². The lowest BCUT2D eigenvalue weighted by molar-refractivity contribution is -0.133. The summed E-state index contributed by atoms with van der Waals surface area (Å²) in [5, 5.41) is 7.56. The first kappa shape index (κ1) is 32.8. The van der Waals surface area contributed by atoms with E-state index in [0.29, 0.717) is 13.2 Å². The van der Waals surface area contributed by atoms with Gasteiger partial charge in [0.2, 0.25) is 11.8 Å². The van der Waals surface area contributed by atoms with Crippen molar-refractivity contribution in [3.63, 3.8) is 0 Å². The summed E-state index contributed by atoms with van der Waals surface area (Å²) in [5.74, 6) is 2.26. The fourth-order valence-corrected chi connectivity index (χ4v) is 8.18. The lowest BCUT2D eigenvalue weighted by Crippen LogP contribution is -2.43. The molecule has 13 nitrogen and oxygen atoms in total. The summed E-state index contributed by atoms with van der Waals surface area (Å²) < 4.78 is 11.0. The Morgan fingerprint density at radius 3 is 2.39 bits per heavy atom. The highest BCUT2D eigenvalue weighted by Crippen LogP contribution is 2.44. The van der Waals surface area contributed by atoms with E-state index in [9.17, 15) is 14.4 Å². The van der Waals surface area contributed by atoms with E-state index in [-0.39, 0.29) is 42.5 Å². The number of ether oxygens (including phenoxy) is 2. The van der Waals surface area contributed by atoms with Gasteiger partial charge in [-0.25, -0.2) is 14.8 Å². The third-order valence-corrected chi connectivity index (χ3v) is 10.7. The average Bonchev–Trinajstić information content (AvgIpc) is 3.95. The standard InChI is InChI=1S/C38H42N8O5/c1-20-5-11-30(45(20)34(48)18-41-38(49)50-4)36-40-16-29(43-36)23-7-9-25-24(13-23)19-51-32-15-26-22(14-27(25)32)8-10-28-35(26)44-37(42-28)31-12-6-21(2)46(31)33(47)17-39-3/h7-10,13-16,20-21,30-31,39H,5-6,11-12,17-19H2,1-4H3,(H,40,43)(H,41,49)(H,42,44)/t20-,21-,30-,31?/m0/s1. The van der Waals surface area contributed by atoms with E-state index in [2.05, 4.69) is 79.7 Å². The van der Waals surface area contributed by atoms with E-state index >= 15 is 0 Å². The Bertz CT molecular complexity index is 2170. The molecule has 3 aromatic carbocycles. The van der Waals surface area contributed by atoms with Crippen molar-refractivity contribution in [1.82, 2.24) is 40.4 Å². The van der Waals surface area contributed by atoms with E-state index in [1.807, 2.05) is 18.0 Å². The Hall–Kier alpha value is -5.43. The minimum atomic E-state index is -0.635. The Balaban J connectivity index is 1.05. The Morgan fingerprint density at radius 1 is 0.902 bits per heavy atom. The minimum Gasteiger partial charge on any atom is -0.488 e. The topological polar surface area (TPSA) is 158 Å². The number of likely N-dealkylation sites (N-methyl/N-ethyl adjacent to an activating group) is 1. The van der Waals surface area contributed by atoms with Crippen molar-refractivity contribution in [3.8, 4) is 28.1 Å². The Labute approximate surface area is 295 Å². The van der Waals surface area contributed by atoms with Gasteiger partial charge in [-0.2, -0.15) is 0 Å². The van der Waals surface area contributed by atoms with Gasteiger partial charge >= 0.3 is 6.09 Å². The molecule has 5 aromatic rings. The van der Waals surface area contributed by atoms with Gasteiger partial charge in [-0.3, -0.25) is 9.59 Å². The number of H-pyrrole nitrogens is 2. The Kier molecular flexibility index (Phi) is 8.37. The number of methoxy groups -OCH3 is 1. The lowest BCUT2D eigenvalue weighted by atomic mass is 9.92.